The number of nitrogens with two attached hydrogens (primary N) is 1. The molecular weight excluding hydrogens is 222 g/mol. The van der Waals surface area contributed by atoms with Crippen LogP contribution in [-0.4, -0.2) is 30.0 Å². The van der Waals surface area contributed by atoms with Crippen molar-refractivity contribution in [2.75, 3.05) is 19.8 Å². The summed E-state index contributed by atoms with van der Waals surface area (Å²) in [5.74, 6) is 0.982. The van der Waals surface area contributed by atoms with Crippen molar-refractivity contribution in [3.8, 4) is 0 Å². The first-order valence-corrected chi connectivity index (χ1v) is 5.96. The summed E-state index contributed by atoms with van der Waals surface area (Å²) >= 11 is 0. The van der Waals surface area contributed by atoms with E-state index >= 15 is 0 Å². The van der Waals surface area contributed by atoms with Gasteiger partial charge >= 0.3 is 0 Å². The molecule has 6 heteroatoms. The molecule has 2 rings (SSSR count). The van der Waals surface area contributed by atoms with Crippen molar-refractivity contribution in [3.05, 3.63) is 11.7 Å². The standard InChI is InChI=1S/C11H19N3O3/c1-3-4-11(2,12)10-13-9(14-17-10)8-7-15-5-6-16-8/h8H,3-7,12H2,1-2H3. The molecule has 1 aromatic rings. The van der Waals surface area contributed by atoms with Gasteiger partial charge in [0.1, 0.15) is 6.10 Å². The predicted molar refractivity (Wildman–Crippen MR) is 60.3 cm³/mol. The fourth-order valence-electron chi connectivity index (χ4n) is 1.86. The minimum absolute atomic E-state index is 0.237. The van der Waals surface area contributed by atoms with E-state index in [0.29, 0.717) is 31.5 Å². The van der Waals surface area contributed by atoms with Crippen molar-refractivity contribution in [1.29, 1.82) is 0 Å². The van der Waals surface area contributed by atoms with Crippen molar-refractivity contribution in [1.82, 2.24) is 10.1 Å². The number of ether oxygens (including phenoxy) is 2. The van der Waals surface area contributed by atoms with Gasteiger partial charge < -0.3 is 19.7 Å². The third-order valence-electron chi connectivity index (χ3n) is 2.80. The molecule has 0 bridgehead atoms. The van der Waals surface area contributed by atoms with Crippen molar-refractivity contribution < 1.29 is 14.0 Å². The lowest BCUT2D eigenvalue weighted by Gasteiger charge is -2.20. The van der Waals surface area contributed by atoms with Crippen LogP contribution in [-0.2, 0) is 15.0 Å². The van der Waals surface area contributed by atoms with E-state index < -0.39 is 5.54 Å². The second-order valence-corrected chi connectivity index (χ2v) is 4.56. The zero-order chi connectivity index (χ0) is 12.3. The smallest absolute Gasteiger partial charge is 0.246 e. The normalized spacial score (nSPS) is 24.5. The second kappa shape index (κ2) is 5.12. The topological polar surface area (TPSA) is 83.4 Å². The molecule has 0 amide bonds. The Hall–Kier alpha value is -0.980. The minimum atomic E-state index is -0.574. The van der Waals surface area contributed by atoms with Crippen molar-refractivity contribution >= 4 is 0 Å². The monoisotopic (exact) mass is 241 g/mol. The molecule has 2 atom stereocenters. The van der Waals surface area contributed by atoms with Crippen LogP contribution in [0.2, 0.25) is 0 Å². The van der Waals surface area contributed by atoms with Gasteiger partial charge in [-0.2, -0.15) is 4.98 Å². The van der Waals surface area contributed by atoms with Crippen LogP contribution in [0.5, 0.6) is 0 Å². The van der Waals surface area contributed by atoms with Gasteiger partial charge in [0.25, 0.3) is 0 Å². The van der Waals surface area contributed by atoms with Gasteiger partial charge in [0, 0.05) is 0 Å². The summed E-state index contributed by atoms with van der Waals surface area (Å²) in [7, 11) is 0. The van der Waals surface area contributed by atoms with Crippen LogP contribution in [0.4, 0.5) is 0 Å². The maximum absolute atomic E-state index is 6.12. The summed E-state index contributed by atoms with van der Waals surface area (Å²) in [6.07, 6.45) is 1.53. The maximum atomic E-state index is 6.12. The Morgan fingerprint density at radius 3 is 2.94 bits per heavy atom. The van der Waals surface area contributed by atoms with E-state index in [0.717, 1.165) is 12.8 Å². The molecule has 0 aliphatic carbocycles. The molecule has 1 aliphatic heterocycles. The molecule has 96 valence electrons. The fourth-order valence-corrected chi connectivity index (χ4v) is 1.86. The van der Waals surface area contributed by atoms with Crippen LogP contribution in [0.15, 0.2) is 4.52 Å². The Labute approximate surface area is 100 Å². The van der Waals surface area contributed by atoms with Gasteiger partial charge in [-0.25, -0.2) is 0 Å². The zero-order valence-corrected chi connectivity index (χ0v) is 10.3. The quantitative estimate of drug-likeness (QED) is 0.850. The molecular formula is C11H19N3O3. The first-order chi connectivity index (χ1) is 8.13. The van der Waals surface area contributed by atoms with E-state index in [1.165, 1.54) is 0 Å². The Bertz CT molecular complexity index is 359. The van der Waals surface area contributed by atoms with E-state index in [1.807, 2.05) is 6.92 Å². The van der Waals surface area contributed by atoms with Crippen molar-refractivity contribution in [2.45, 2.75) is 38.3 Å². The molecule has 2 unspecified atom stereocenters. The number of aromatic nitrogens is 2. The third kappa shape index (κ3) is 2.83. The molecule has 0 radical (unpaired) electrons. The molecule has 0 spiro atoms. The predicted octanol–water partition coefficient (Wildman–Crippen LogP) is 1.13. The lowest BCUT2D eigenvalue weighted by Crippen LogP contribution is -2.33. The van der Waals surface area contributed by atoms with Crippen LogP contribution in [0, 0.1) is 0 Å². The molecule has 17 heavy (non-hydrogen) atoms. The van der Waals surface area contributed by atoms with E-state index in [1.54, 1.807) is 0 Å². The van der Waals surface area contributed by atoms with Gasteiger partial charge in [-0.05, 0) is 13.3 Å². The summed E-state index contributed by atoms with van der Waals surface area (Å²) in [5, 5.41) is 3.92. The molecule has 1 aromatic heterocycles. The highest BCUT2D eigenvalue weighted by molar-refractivity contribution is 5.01. The summed E-state index contributed by atoms with van der Waals surface area (Å²) < 4.78 is 16.0. The van der Waals surface area contributed by atoms with Crippen LogP contribution in [0.25, 0.3) is 0 Å². The Kier molecular flexibility index (Phi) is 3.76. The van der Waals surface area contributed by atoms with Gasteiger partial charge in [-0.3, -0.25) is 0 Å². The van der Waals surface area contributed by atoms with Crippen LogP contribution in [0.3, 0.4) is 0 Å². The SMILES string of the molecule is CCCC(C)(N)c1nc(C2COCCO2)no1. The average Bonchev–Trinajstić information content (AvgIpc) is 2.80. The van der Waals surface area contributed by atoms with E-state index in [4.69, 9.17) is 19.7 Å². The average molecular weight is 241 g/mol. The first-order valence-electron chi connectivity index (χ1n) is 5.96. The number of rotatable bonds is 4. The van der Waals surface area contributed by atoms with Gasteiger partial charge in [-0.1, -0.05) is 18.5 Å². The largest absolute Gasteiger partial charge is 0.376 e. The van der Waals surface area contributed by atoms with Crippen molar-refractivity contribution in [2.24, 2.45) is 5.73 Å². The van der Waals surface area contributed by atoms with E-state index in [9.17, 15) is 0 Å². The summed E-state index contributed by atoms with van der Waals surface area (Å²) in [6, 6.07) is 0. The molecule has 1 aliphatic rings. The number of hydrogen-bond donors (Lipinski definition) is 1. The Balaban J connectivity index is 2.09. The lowest BCUT2D eigenvalue weighted by atomic mass is 9.98. The second-order valence-electron chi connectivity index (χ2n) is 4.56. The highest BCUT2D eigenvalue weighted by Gasteiger charge is 2.30. The van der Waals surface area contributed by atoms with Crippen LogP contribution in [0.1, 0.15) is 44.5 Å². The summed E-state index contributed by atoms with van der Waals surface area (Å²) in [4.78, 5) is 4.32. The van der Waals surface area contributed by atoms with E-state index in [-0.39, 0.29) is 6.10 Å². The Morgan fingerprint density at radius 2 is 2.29 bits per heavy atom. The summed E-state index contributed by atoms with van der Waals surface area (Å²) in [5.41, 5.74) is 5.55. The summed E-state index contributed by atoms with van der Waals surface area (Å²) in [6.45, 7) is 5.61. The Morgan fingerprint density at radius 1 is 1.47 bits per heavy atom. The van der Waals surface area contributed by atoms with Gasteiger partial charge in [0.15, 0.2) is 0 Å². The van der Waals surface area contributed by atoms with Crippen LogP contribution < -0.4 is 5.73 Å². The highest BCUT2D eigenvalue weighted by Crippen LogP contribution is 2.24. The lowest BCUT2D eigenvalue weighted by molar-refractivity contribution is -0.0941. The van der Waals surface area contributed by atoms with Crippen LogP contribution >= 0.6 is 0 Å². The molecule has 1 fully saturated rings. The highest BCUT2D eigenvalue weighted by atomic mass is 16.6. The van der Waals surface area contributed by atoms with E-state index in [2.05, 4.69) is 17.1 Å². The number of hydrogen-bond acceptors (Lipinski definition) is 6. The maximum Gasteiger partial charge on any atom is 0.246 e. The minimum Gasteiger partial charge on any atom is -0.376 e. The fraction of sp³-hybridized carbons (Fsp3) is 0.818. The zero-order valence-electron chi connectivity index (χ0n) is 10.3. The van der Waals surface area contributed by atoms with Gasteiger partial charge in [-0.15, -0.1) is 0 Å². The van der Waals surface area contributed by atoms with Gasteiger partial charge in [0.2, 0.25) is 11.7 Å². The van der Waals surface area contributed by atoms with Gasteiger partial charge in [0.05, 0.1) is 25.4 Å². The molecule has 0 aromatic carbocycles. The molecule has 0 saturated carbocycles. The number of nitrogens with zero attached hydrogens (tertiary/aromatic N) is 2. The molecule has 1 saturated heterocycles. The van der Waals surface area contributed by atoms with Crippen molar-refractivity contribution in [3.63, 3.8) is 0 Å². The molecule has 2 heterocycles. The third-order valence-corrected chi connectivity index (χ3v) is 2.80. The molecule has 2 N–H and O–H groups in total. The molecule has 6 nitrogen and oxygen atoms in total. The first kappa shape index (κ1) is 12.5.